The van der Waals surface area contributed by atoms with Gasteiger partial charge in [0.15, 0.2) is 0 Å². The van der Waals surface area contributed by atoms with Crippen molar-refractivity contribution in [3.8, 4) is 5.88 Å². The van der Waals surface area contributed by atoms with Gasteiger partial charge in [0.1, 0.15) is 0 Å². The number of nitrogens with two attached hydrogens (primary N) is 1. The lowest BCUT2D eigenvalue weighted by Gasteiger charge is -2.08. The fourth-order valence-corrected chi connectivity index (χ4v) is 1.04. The molecule has 1 atom stereocenters. The van der Waals surface area contributed by atoms with Gasteiger partial charge in [-0.05, 0) is 19.0 Å². The summed E-state index contributed by atoms with van der Waals surface area (Å²) in [6, 6.07) is 5.28. The maximum absolute atomic E-state index is 9.54. The second-order valence-electron chi connectivity index (χ2n) is 2.70. The third-order valence-electron chi connectivity index (χ3n) is 1.74. The van der Waals surface area contributed by atoms with E-state index in [4.69, 9.17) is 10.5 Å². The zero-order valence-corrected chi connectivity index (χ0v) is 7.60. The Hall–Kier alpha value is -1.13. The molecule has 4 heteroatoms. The molecule has 1 aromatic heterocycles. The van der Waals surface area contributed by atoms with E-state index >= 15 is 0 Å². The number of aromatic nitrogens is 1. The van der Waals surface area contributed by atoms with E-state index in [1.54, 1.807) is 25.3 Å². The van der Waals surface area contributed by atoms with Gasteiger partial charge in [-0.25, -0.2) is 4.98 Å². The second kappa shape index (κ2) is 4.79. The van der Waals surface area contributed by atoms with Gasteiger partial charge < -0.3 is 15.6 Å². The van der Waals surface area contributed by atoms with Crippen LogP contribution >= 0.6 is 0 Å². The lowest BCUT2D eigenvalue weighted by molar-refractivity contribution is 0.164. The summed E-state index contributed by atoms with van der Waals surface area (Å²) in [4.78, 5) is 4.08. The fraction of sp³-hybridized carbons (Fsp3) is 0.444. The molecule has 0 saturated carbocycles. The predicted molar refractivity (Wildman–Crippen MR) is 49.4 cm³/mol. The van der Waals surface area contributed by atoms with Crippen LogP contribution in [0.3, 0.4) is 0 Å². The zero-order valence-electron chi connectivity index (χ0n) is 7.60. The third kappa shape index (κ3) is 2.68. The number of nitrogens with zero attached hydrogens (tertiary/aromatic N) is 1. The van der Waals surface area contributed by atoms with Gasteiger partial charge in [-0.3, -0.25) is 0 Å². The van der Waals surface area contributed by atoms with Crippen LogP contribution in [0, 0.1) is 0 Å². The number of aliphatic hydroxyl groups excluding tert-OH is 1. The molecule has 0 aliphatic heterocycles. The highest BCUT2D eigenvalue weighted by Gasteiger charge is 2.08. The number of hydrogen-bond acceptors (Lipinski definition) is 4. The van der Waals surface area contributed by atoms with Crippen molar-refractivity contribution in [3.05, 3.63) is 23.9 Å². The maximum Gasteiger partial charge on any atom is 0.213 e. The Labute approximate surface area is 77.4 Å². The number of pyridine rings is 1. The normalized spacial score (nSPS) is 12.5. The highest BCUT2D eigenvalue weighted by molar-refractivity contribution is 5.17. The van der Waals surface area contributed by atoms with Crippen LogP contribution < -0.4 is 10.5 Å². The Kier molecular flexibility index (Phi) is 3.67. The number of hydrogen-bond donors (Lipinski definition) is 2. The maximum atomic E-state index is 9.54. The van der Waals surface area contributed by atoms with E-state index in [0.29, 0.717) is 24.5 Å². The molecule has 13 heavy (non-hydrogen) atoms. The molecule has 0 spiro atoms. The van der Waals surface area contributed by atoms with Crippen molar-refractivity contribution in [2.45, 2.75) is 12.5 Å². The van der Waals surface area contributed by atoms with Crippen LogP contribution in [0.1, 0.15) is 18.2 Å². The molecule has 0 aromatic carbocycles. The van der Waals surface area contributed by atoms with Gasteiger partial charge in [0.05, 0.1) is 18.9 Å². The molecule has 1 aromatic rings. The van der Waals surface area contributed by atoms with Crippen LogP contribution in [0.2, 0.25) is 0 Å². The summed E-state index contributed by atoms with van der Waals surface area (Å²) >= 11 is 0. The number of aliphatic hydroxyl groups is 1. The third-order valence-corrected chi connectivity index (χ3v) is 1.74. The predicted octanol–water partition coefficient (Wildman–Crippen LogP) is 0.472. The van der Waals surface area contributed by atoms with Crippen LogP contribution in [0.4, 0.5) is 0 Å². The fourth-order valence-electron chi connectivity index (χ4n) is 1.04. The van der Waals surface area contributed by atoms with E-state index in [2.05, 4.69) is 4.98 Å². The van der Waals surface area contributed by atoms with Gasteiger partial charge in [0.25, 0.3) is 0 Å². The largest absolute Gasteiger partial charge is 0.481 e. The summed E-state index contributed by atoms with van der Waals surface area (Å²) in [5.41, 5.74) is 5.92. The highest BCUT2D eigenvalue weighted by atomic mass is 16.5. The summed E-state index contributed by atoms with van der Waals surface area (Å²) < 4.78 is 4.93. The number of ether oxygens (including phenoxy) is 1. The Balaban J connectivity index is 2.75. The molecule has 0 fully saturated rings. The molecular weight excluding hydrogens is 168 g/mol. The minimum absolute atomic E-state index is 0.445. The van der Waals surface area contributed by atoms with Gasteiger partial charge in [0, 0.05) is 6.07 Å². The number of methoxy groups -OCH3 is 1. The molecule has 1 rings (SSSR count). The van der Waals surface area contributed by atoms with Crippen molar-refractivity contribution < 1.29 is 9.84 Å². The summed E-state index contributed by atoms with van der Waals surface area (Å²) in [5.74, 6) is 0.508. The van der Waals surface area contributed by atoms with E-state index in [0.717, 1.165) is 0 Å². The molecule has 0 saturated heterocycles. The van der Waals surface area contributed by atoms with Gasteiger partial charge >= 0.3 is 0 Å². The van der Waals surface area contributed by atoms with Crippen molar-refractivity contribution >= 4 is 0 Å². The Morgan fingerprint density at radius 2 is 2.38 bits per heavy atom. The van der Waals surface area contributed by atoms with Gasteiger partial charge in [0.2, 0.25) is 5.88 Å². The molecule has 0 bridgehead atoms. The molecule has 72 valence electrons. The monoisotopic (exact) mass is 182 g/mol. The first kappa shape index (κ1) is 9.95. The van der Waals surface area contributed by atoms with E-state index < -0.39 is 6.10 Å². The smallest absolute Gasteiger partial charge is 0.213 e. The van der Waals surface area contributed by atoms with Crippen LogP contribution in [-0.4, -0.2) is 23.7 Å². The molecule has 0 aliphatic carbocycles. The molecule has 0 amide bonds. The Morgan fingerprint density at radius 3 is 3.00 bits per heavy atom. The van der Waals surface area contributed by atoms with Gasteiger partial charge in [-0.1, -0.05) is 6.07 Å². The van der Waals surface area contributed by atoms with Crippen LogP contribution in [0.5, 0.6) is 5.88 Å². The Bertz CT molecular complexity index is 266. The summed E-state index contributed by atoms with van der Waals surface area (Å²) in [6.45, 7) is 0.445. The van der Waals surface area contributed by atoms with Crippen LogP contribution in [-0.2, 0) is 0 Å². The highest BCUT2D eigenvalue weighted by Crippen LogP contribution is 2.16. The molecule has 0 radical (unpaired) electrons. The van der Waals surface area contributed by atoms with Crippen molar-refractivity contribution in [2.24, 2.45) is 5.73 Å². The van der Waals surface area contributed by atoms with Crippen molar-refractivity contribution in [2.75, 3.05) is 13.7 Å². The first-order valence-corrected chi connectivity index (χ1v) is 4.17. The average Bonchev–Trinajstić information content (AvgIpc) is 2.18. The first-order chi connectivity index (χ1) is 6.27. The summed E-state index contributed by atoms with van der Waals surface area (Å²) in [7, 11) is 1.54. The van der Waals surface area contributed by atoms with Gasteiger partial charge in [-0.15, -0.1) is 0 Å². The molecule has 1 heterocycles. The molecule has 3 N–H and O–H groups in total. The van der Waals surface area contributed by atoms with E-state index in [1.807, 2.05) is 0 Å². The lowest BCUT2D eigenvalue weighted by atomic mass is 10.2. The van der Waals surface area contributed by atoms with E-state index in [-0.39, 0.29) is 0 Å². The topological polar surface area (TPSA) is 68.4 Å². The van der Waals surface area contributed by atoms with E-state index in [9.17, 15) is 5.11 Å². The number of rotatable bonds is 4. The Morgan fingerprint density at radius 1 is 1.62 bits per heavy atom. The summed E-state index contributed by atoms with van der Waals surface area (Å²) in [6.07, 6.45) is -0.0831. The molecule has 0 unspecified atom stereocenters. The van der Waals surface area contributed by atoms with E-state index in [1.165, 1.54) is 0 Å². The standard InChI is InChI=1S/C9H14N2O2/c1-13-9-4-2-3-7(11-9)8(12)5-6-10/h2-4,8,12H,5-6,10H2,1H3/t8-/m1/s1. The summed E-state index contributed by atoms with van der Waals surface area (Å²) in [5, 5.41) is 9.54. The average molecular weight is 182 g/mol. The van der Waals surface area contributed by atoms with Gasteiger partial charge in [-0.2, -0.15) is 0 Å². The molecule has 0 aliphatic rings. The quantitative estimate of drug-likeness (QED) is 0.710. The molecule has 4 nitrogen and oxygen atoms in total. The minimum atomic E-state index is -0.597. The van der Waals surface area contributed by atoms with Crippen LogP contribution in [0.25, 0.3) is 0 Å². The first-order valence-electron chi connectivity index (χ1n) is 4.17. The minimum Gasteiger partial charge on any atom is -0.481 e. The lowest BCUT2D eigenvalue weighted by Crippen LogP contribution is -2.08. The zero-order chi connectivity index (χ0) is 9.68. The second-order valence-corrected chi connectivity index (χ2v) is 2.70. The van der Waals surface area contributed by atoms with Crippen LogP contribution in [0.15, 0.2) is 18.2 Å². The van der Waals surface area contributed by atoms with Crippen molar-refractivity contribution in [3.63, 3.8) is 0 Å². The van der Waals surface area contributed by atoms with Crippen molar-refractivity contribution in [1.29, 1.82) is 0 Å². The molecular formula is C9H14N2O2. The van der Waals surface area contributed by atoms with Crippen molar-refractivity contribution in [1.82, 2.24) is 4.98 Å². The SMILES string of the molecule is COc1cccc([C@H](O)CCN)n1.